The normalized spacial score (nSPS) is 22.1. The molecule has 2 aliphatic rings. The lowest BCUT2D eigenvalue weighted by molar-refractivity contribution is -0.133. The van der Waals surface area contributed by atoms with Crippen LogP contribution >= 0.6 is 11.3 Å². The summed E-state index contributed by atoms with van der Waals surface area (Å²) in [7, 11) is 0. The summed E-state index contributed by atoms with van der Waals surface area (Å²) in [6.45, 7) is 1.25. The van der Waals surface area contributed by atoms with Crippen LogP contribution in [0.3, 0.4) is 0 Å². The van der Waals surface area contributed by atoms with Gasteiger partial charge in [-0.15, -0.1) is 11.3 Å². The van der Waals surface area contributed by atoms with Gasteiger partial charge in [0.2, 0.25) is 5.91 Å². The number of piperidine rings is 1. The minimum Gasteiger partial charge on any atom is -0.342 e. The summed E-state index contributed by atoms with van der Waals surface area (Å²) >= 11 is 1.60. The molecule has 2 aromatic rings. The molecule has 4 rings (SSSR count). The SMILES string of the molecule is O=C1NC(=O)C(CCCc2ccccc2)(C2CCN(C(=O)Cc3cccs3)CC2)N1. The van der Waals surface area contributed by atoms with Gasteiger partial charge in [0.1, 0.15) is 5.54 Å². The molecule has 0 radical (unpaired) electrons. The number of benzene rings is 1. The summed E-state index contributed by atoms with van der Waals surface area (Å²) in [5, 5.41) is 7.38. The number of likely N-dealkylation sites (tertiary alicyclic amines) is 1. The largest absolute Gasteiger partial charge is 0.342 e. The van der Waals surface area contributed by atoms with E-state index in [-0.39, 0.29) is 17.7 Å². The summed E-state index contributed by atoms with van der Waals surface area (Å²) in [5.41, 5.74) is 0.362. The van der Waals surface area contributed by atoms with Gasteiger partial charge in [-0.25, -0.2) is 4.79 Å². The Hall–Kier alpha value is -2.67. The molecule has 4 amide bonds. The van der Waals surface area contributed by atoms with Crippen molar-refractivity contribution in [3.05, 3.63) is 58.3 Å². The number of thiophene rings is 1. The van der Waals surface area contributed by atoms with Gasteiger partial charge in [0.25, 0.3) is 5.91 Å². The summed E-state index contributed by atoms with van der Waals surface area (Å²) < 4.78 is 0. The molecule has 2 saturated heterocycles. The summed E-state index contributed by atoms with van der Waals surface area (Å²) in [4.78, 5) is 40.4. The second-order valence-electron chi connectivity index (χ2n) is 8.13. The third-order valence-corrected chi connectivity index (χ3v) is 7.17. The third-order valence-electron chi connectivity index (χ3n) is 6.30. The molecule has 0 saturated carbocycles. The molecule has 7 heteroatoms. The van der Waals surface area contributed by atoms with Crippen molar-refractivity contribution in [3.63, 3.8) is 0 Å². The zero-order valence-electron chi connectivity index (χ0n) is 16.9. The summed E-state index contributed by atoms with van der Waals surface area (Å²) in [6.07, 6.45) is 4.15. The predicted molar refractivity (Wildman–Crippen MR) is 116 cm³/mol. The molecule has 0 spiro atoms. The highest BCUT2D eigenvalue weighted by Gasteiger charge is 2.51. The van der Waals surface area contributed by atoms with Gasteiger partial charge in [0.15, 0.2) is 0 Å². The number of imide groups is 1. The first kappa shape index (κ1) is 20.6. The first-order valence-corrected chi connectivity index (χ1v) is 11.4. The lowest BCUT2D eigenvalue weighted by Gasteiger charge is -2.40. The highest BCUT2D eigenvalue weighted by molar-refractivity contribution is 7.10. The molecule has 1 unspecified atom stereocenters. The van der Waals surface area contributed by atoms with Crippen LogP contribution < -0.4 is 10.6 Å². The number of carbonyl (C=O) groups is 3. The highest BCUT2D eigenvalue weighted by Crippen LogP contribution is 2.35. The molecule has 3 heterocycles. The van der Waals surface area contributed by atoms with Crippen molar-refractivity contribution < 1.29 is 14.4 Å². The van der Waals surface area contributed by atoms with E-state index in [1.807, 2.05) is 40.6 Å². The molecule has 1 atom stereocenters. The topological polar surface area (TPSA) is 78.5 Å². The van der Waals surface area contributed by atoms with E-state index in [2.05, 4.69) is 22.8 Å². The maximum atomic E-state index is 12.8. The van der Waals surface area contributed by atoms with Crippen LogP contribution in [0, 0.1) is 5.92 Å². The van der Waals surface area contributed by atoms with Gasteiger partial charge in [-0.1, -0.05) is 36.4 Å². The zero-order chi connectivity index (χ0) is 21.0. The van der Waals surface area contributed by atoms with E-state index in [0.29, 0.717) is 25.9 Å². The van der Waals surface area contributed by atoms with Gasteiger partial charge < -0.3 is 10.2 Å². The van der Waals surface area contributed by atoms with Crippen molar-refractivity contribution in [3.8, 4) is 0 Å². The van der Waals surface area contributed by atoms with Crippen LogP contribution in [0.5, 0.6) is 0 Å². The van der Waals surface area contributed by atoms with Gasteiger partial charge >= 0.3 is 6.03 Å². The Balaban J connectivity index is 1.38. The van der Waals surface area contributed by atoms with Crippen LogP contribution in [0.1, 0.15) is 36.1 Å². The minimum atomic E-state index is -0.866. The second kappa shape index (κ2) is 9.00. The van der Waals surface area contributed by atoms with Gasteiger partial charge in [0.05, 0.1) is 6.42 Å². The number of nitrogens with one attached hydrogen (secondary N) is 2. The van der Waals surface area contributed by atoms with E-state index in [9.17, 15) is 14.4 Å². The Bertz CT molecular complexity index is 892. The number of rotatable bonds is 7. The van der Waals surface area contributed by atoms with Gasteiger partial charge in [-0.3, -0.25) is 14.9 Å². The standard InChI is InChI=1S/C23H27N3O3S/c27-20(16-19-9-5-15-30-19)26-13-10-18(11-14-26)23(21(28)24-22(29)25-23)12-4-8-17-6-2-1-3-7-17/h1-3,5-7,9,15,18H,4,8,10-14,16H2,(H2,24,25,28,29). The molecular weight excluding hydrogens is 398 g/mol. The molecule has 30 heavy (non-hydrogen) atoms. The maximum absolute atomic E-state index is 12.8. The van der Waals surface area contributed by atoms with E-state index in [1.165, 1.54) is 5.56 Å². The van der Waals surface area contributed by atoms with Crippen LogP contribution in [0.2, 0.25) is 0 Å². The van der Waals surface area contributed by atoms with Crippen molar-refractivity contribution in [2.75, 3.05) is 13.1 Å². The summed E-state index contributed by atoms with van der Waals surface area (Å²) in [6, 6.07) is 13.7. The number of urea groups is 1. The number of aryl methyl sites for hydroxylation is 1. The average Bonchev–Trinajstić information content (AvgIpc) is 3.36. The van der Waals surface area contributed by atoms with Crippen LogP contribution in [-0.4, -0.2) is 41.4 Å². The van der Waals surface area contributed by atoms with Crippen molar-refractivity contribution in [2.45, 2.75) is 44.1 Å². The number of amides is 4. The molecule has 6 nitrogen and oxygen atoms in total. The fourth-order valence-electron chi connectivity index (χ4n) is 4.68. The molecule has 1 aromatic heterocycles. The molecular formula is C23H27N3O3S. The van der Waals surface area contributed by atoms with E-state index in [0.717, 1.165) is 30.6 Å². The second-order valence-corrected chi connectivity index (χ2v) is 9.16. The average molecular weight is 426 g/mol. The number of hydrogen-bond acceptors (Lipinski definition) is 4. The molecule has 2 aliphatic heterocycles. The Kier molecular flexibility index (Phi) is 6.18. The predicted octanol–water partition coefficient (Wildman–Crippen LogP) is 3.13. The van der Waals surface area contributed by atoms with Crippen LogP contribution in [0.15, 0.2) is 47.8 Å². The molecule has 0 aliphatic carbocycles. The molecule has 1 aromatic carbocycles. The van der Waals surface area contributed by atoms with Crippen molar-refractivity contribution in [1.29, 1.82) is 0 Å². The number of carbonyl (C=O) groups excluding carboxylic acids is 3. The Morgan fingerprint density at radius 2 is 1.87 bits per heavy atom. The Morgan fingerprint density at radius 3 is 2.50 bits per heavy atom. The van der Waals surface area contributed by atoms with E-state index < -0.39 is 11.6 Å². The molecule has 0 bridgehead atoms. The van der Waals surface area contributed by atoms with E-state index >= 15 is 0 Å². The smallest absolute Gasteiger partial charge is 0.322 e. The quantitative estimate of drug-likeness (QED) is 0.669. The van der Waals surface area contributed by atoms with Crippen LogP contribution in [0.25, 0.3) is 0 Å². The van der Waals surface area contributed by atoms with Crippen LogP contribution in [-0.2, 0) is 22.4 Å². The first-order chi connectivity index (χ1) is 14.6. The summed E-state index contributed by atoms with van der Waals surface area (Å²) in [5.74, 6) is -0.0524. The number of hydrogen-bond donors (Lipinski definition) is 2. The fourth-order valence-corrected chi connectivity index (χ4v) is 5.38. The Morgan fingerprint density at radius 1 is 1.10 bits per heavy atom. The van der Waals surface area contributed by atoms with Crippen LogP contribution in [0.4, 0.5) is 4.79 Å². The number of nitrogens with zero attached hydrogens (tertiary/aromatic N) is 1. The van der Waals surface area contributed by atoms with Crippen molar-refractivity contribution in [1.82, 2.24) is 15.5 Å². The third kappa shape index (κ3) is 4.41. The lowest BCUT2D eigenvalue weighted by atomic mass is 9.74. The fraction of sp³-hybridized carbons (Fsp3) is 0.435. The van der Waals surface area contributed by atoms with Gasteiger partial charge in [-0.2, -0.15) is 0 Å². The minimum absolute atomic E-state index is 0.0329. The van der Waals surface area contributed by atoms with E-state index in [1.54, 1.807) is 11.3 Å². The zero-order valence-corrected chi connectivity index (χ0v) is 17.7. The van der Waals surface area contributed by atoms with Crippen molar-refractivity contribution >= 4 is 29.2 Å². The van der Waals surface area contributed by atoms with Gasteiger partial charge in [0, 0.05) is 18.0 Å². The molecule has 2 fully saturated rings. The monoisotopic (exact) mass is 425 g/mol. The molecule has 158 valence electrons. The molecule has 2 N–H and O–H groups in total. The first-order valence-electron chi connectivity index (χ1n) is 10.5. The Labute approximate surface area is 180 Å². The maximum Gasteiger partial charge on any atom is 0.322 e. The van der Waals surface area contributed by atoms with Gasteiger partial charge in [-0.05, 0) is 55.0 Å². The van der Waals surface area contributed by atoms with E-state index in [4.69, 9.17) is 0 Å². The van der Waals surface area contributed by atoms with Crippen molar-refractivity contribution in [2.24, 2.45) is 5.92 Å². The highest BCUT2D eigenvalue weighted by atomic mass is 32.1. The lowest BCUT2D eigenvalue weighted by Crippen LogP contribution is -2.56.